The number of pyridine rings is 1. The zero-order valence-corrected chi connectivity index (χ0v) is 14.7. The fourth-order valence-electron chi connectivity index (χ4n) is 2.52. The number of nitrogens with zero attached hydrogens (tertiary/aromatic N) is 4. The second kappa shape index (κ2) is 8.71. The third kappa shape index (κ3) is 4.63. The van der Waals surface area contributed by atoms with Gasteiger partial charge in [0, 0.05) is 19.3 Å². The summed E-state index contributed by atoms with van der Waals surface area (Å²) in [5.41, 5.74) is 2.34. The molecule has 6 nitrogen and oxygen atoms in total. The third-order valence-corrected chi connectivity index (χ3v) is 3.95. The first-order chi connectivity index (χ1) is 12.8. The Morgan fingerprint density at radius 1 is 1.00 bits per heavy atom. The lowest BCUT2D eigenvalue weighted by Gasteiger charge is -2.20. The molecule has 1 aromatic carbocycles. The van der Waals surface area contributed by atoms with Crippen molar-refractivity contribution in [3.05, 3.63) is 83.8 Å². The molecule has 0 saturated carbocycles. The van der Waals surface area contributed by atoms with Crippen LogP contribution in [0.5, 0.6) is 0 Å². The molecular formula is C20H21N5O. The summed E-state index contributed by atoms with van der Waals surface area (Å²) in [6, 6.07) is 19.1. The Morgan fingerprint density at radius 2 is 1.81 bits per heavy atom. The zero-order chi connectivity index (χ0) is 18.2. The molecule has 0 saturated heterocycles. The molecule has 2 heterocycles. The lowest BCUT2D eigenvalue weighted by molar-refractivity contribution is 0.0745. The van der Waals surface area contributed by atoms with Crippen molar-refractivity contribution in [1.29, 1.82) is 0 Å². The quantitative estimate of drug-likeness (QED) is 0.711. The highest BCUT2D eigenvalue weighted by Gasteiger charge is 2.16. The van der Waals surface area contributed by atoms with Gasteiger partial charge in [-0.3, -0.25) is 9.78 Å². The van der Waals surface area contributed by atoms with E-state index in [0.29, 0.717) is 31.1 Å². The van der Waals surface area contributed by atoms with Crippen molar-refractivity contribution in [3.63, 3.8) is 0 Å². The molecule has 0 aliphatic rings. The van der Waals surface area contributed by atoms with Crippen molar-refractivity contribution >= 4 is 11.7 Å². The Bertz CT molecular complexity index is 822. The molecule has 132 valence electrons. The van der Waals surface area contributed by atoms with Crippen LogP contribution in [0.4, 0.5) is 5.82 Å². The summed E-state index contributed by atoms with van der Waals surface area (Å²) in [5.74, 6) is 0.485. The van der Waals surface area contributed by atoms with Gasteiger partial charge in [-0.2, -0.15) is 0 Å². The van der Waals surface area contributed by atoms with Gasteiger partial charge in [-0.25, -0.2) is 0 Å². The lowest BCUT2D eigenvalue weighted by atomic mass is 10.2. The van der Waals surface area contributed by atoms with Crippen molar-refractivity contribution in [1.82, 2.24) is 20.1 Å². The Labute approximate surface area is 152 Å². The van der Waals surface area contributed by atoms with E-state index in [1.54, 1.807) is 23.2 Å². The van der Waals surface area contributed by atoms with E-state index in [1.165, 1.54) is 0 Å². The largest absolute Gasteiger partial charge is 0.363 e. The maximum Gasteiger partial charge on any atom is 0.274 e. The Morgan fingerprint density at radius 3 is 2.46 bits per heavy atom. The smallest absolute Gasteiger partial charge is 0.274 e. The molecule has 0 spiro atoms. The van der Waals surface area contributed by atoms with Crippen LogP contribution in [-0.4, -0.2) is 32.5 Å². The van der Waals surface area contributed by atoms with Gasteiger partial charge in [-0.05, 0) is 36.8 Å². The number of benzene rings is 1. The monoisotopic (exact) mass is 347 g/mol. The number of anilines is 1. The highest BCUT2D eigenvalue weighted by Crippen LogP contribution is 2.10. The van der Waals surface area contributed by atoms with E-state index in [2.05, 4.69) is 20.5 Å². The van der Waals surface area contributed by atoms with Gasteiger partial charge in [0.15, 0.2) is 5.69 Å². The van der Waals surface area contributed by atoms with Gasteiger partial charge < -0.3 is 10.2 Å². The first-order valence-electron chi connectivity index (χ1n) is 8.57. The van der Waals surface area contributed by atoms with Crippen LogP contribution in [0.3, 0.4) is 0 Å². The molecule has 3 aromatic rings. The molecule has 2 aromatic heterocycles. The normalized spacial score (nSPS) is 10.3. The van der Waals surface area contributed by atoms with Gasteiger partial charge >= 0.3 is 0 Å². The minimum Gasteiger partial charge on any atom is -0.363 e. The molecule has 0 aliphatic carbocycles. The van der Waals surface area contributed by atoms with Gasteiger partial charge in [0.25, 0.3) is 5.91 Å². The van der Waals surface area contributed by atoms with E-state index in [0.717, 1.165) is 11.3 Å². The minimum atomic E-state index is -0.125. The molecule has 0 aliphatic heterocycles. The van der Waals surface area contributed by atoms with Gasteiger partial charge in [0.2, 0.25) is 0 Å². The molecule has 0 atom stereocenters. The molecule has 0 unspecified atom stereocenters. The van der Waals surface area contributed by atoms with E-state index < -0.39 is 0 Å². The molecule has 26 heavy (non-hydrogen) atoms. The van der Waals surface area contributed by atoms with Crippen molar-refractivity contribution in [3.8, 4) is 0 Å². The van der Waals surface area contributed by atoms with Crippen LogP contribution in [0.2, 0.25) is 0 Å². The fraction of sp³-hybridized carbons (Fsp3) is 0.200. The summed E-state index contributed by atoms with van der Waals surface area (Å²) in [5, 5.41) is 11.3. The Hall–Kier alpha value is -3.28. The second-order valence-electron chi connectivity index (χ2n) is 5.78. The van der Waals surface area contributed by atoms with Crippen molar-refractivity contribution in [2.75, 3.05) is 11.9 Å². The molecule has 0 bridgehead atoms. The predicted molar refractivity (Wildman–Crippen MR) is 100 cm³/mol. The van der Waals surface area contributed by atoms with Crippen LogP contribution in [-0.2, 0) is 13.1 Å². The summed E-state index contributed by atoms with van der Waals surface area (Å²) in [6.07, 6.45) is 1.75. The lowest BCUT2D eigenvalue weighted by Crippen LogP contribution is -2.31. The molecule has 1 amide bonds. The molecule has 1 N–H and O–H groups in total. The van der Waals surface area contributed by atoms with Gasteiger partial charge in [-0.15, -0.1) is 10.2 Å². The number of amides is 1. The number of rotatable bonds is 7. The van der Waals surface area contributed by atoms with E-state index in [1.807, 2.05) is 55.5 Å². The summed E-state index contributed by atoms with van der Waals surface area (Å²) in [4.78, 5) is 18.7. The molecule has 6 heteroatoms. The summed E-state index contributed by atoms with van der Waals surface area (Å²) < 4.78 is 0. The first-order valence-corrected chi connectivity index (χ1v) is 8.57. The average Bonchev–Trinajstić information content (AvgIpc) is 2.72. The van der Waals surface area contributed by atoms with Crippen LogP contribution in [0, 0.1) is 0 Å². The van der Waals surface area contributed by atoms with Crippen LogP contribution >= 0.6 is 0 Å². The highest BCUT2D eigenvalue weighted by molar-refractivity contribution is 5.92. The standard InChI is InChI=1S/C20H21N5O/c1-2-25(15-16-8-4-3-5-9-16)20(26)18-11-12-19(24-23-18)22-14-17-10-6-7-13-21-17/h3-13H,2,14-15H2,1H3,(H,22,24). The first kappa shape index (κ1) is 17.5. The summed E-state index contributed by atoms with van der Waals surface area (Å²) in [6.45, 7) is 3.67. The Kier molecular flexibility index (Phi) is 5.88. The number of hydrogen-bond acceptors (Lipinski definition) is 5. The zero-order valence-electron chi connectivity index (χ0n) is 14.7. The molecule has 3 rings (SSSR count). The highest BCUT2D eigenvalue weighted by atomic mass is 16.2. The van der Waals surface area contributed by atoms with E-state index in [4.69, 9.17) is 0 Å². The third-order valence-electron chi connectivity index (χ3n) is 3.95. The van der Waals surface area contributed by atoms with E-state index in [-0.39, 0.29) is 5.91 Å². The van der Waals surface area contributed by atoms with Crippen LogP contribution in [0.1, 0.15) is 28.7 Å². The summed E-state index contributed by atoms with van der Waals surface area (Å²) >= 11 is 0. The number of carbonyl (C=O) groups is 1. The van der Waals surface area contributed by atoms with E-state index in [9.17, 15) is 4.79 Å². The number of aromatic nitrogens is 3. The number of carbonyl (C=O) groups excluding carboxylic acids is 1. The maximum atomic E-state index is 12.7. The van der Waals surface area contributed by atoms with Gasteiger partial charge in [-0.1, -0.05) is 36.4 Å². The second-order valence-corrected chi connectivity index (χ2v) is 5.78. The minimum absolute atomic E-state index is 0.125. The molecule has 0 fully saturated rings. The summed E-state index contributed by atoms with van der Waals surface area (Å²) in [7, 11) is 0. The van der Waals surface area contributed by atoms with Crippen molar-refractivity contribution < 1.29 is 4.79 Å². The molecule has 0 radical (unpaired) electrons. The van der Waals surface area contributed by atoms with Crippen LogP contribution in [0.25, 0.3) is 0 Å². The Balaban J connectivity index is 1.62. The number of hydrogen-bond donors (Lipinski definition) is 1. The van der Waals surface area contributed by atoms with E-state index >= 15 is 0 Å². The fourth-order valence-corrected chi connectivity index (χ4v) is 2.52. The topological polar surface area (TPSA) is 71.0 Å². The predicted octanol–water partition coefficient (Wildman–Crippen LogP) is 3.15. The van der Waals surface area contributed by atoms with Gasteiger partial charge in [0.05, 0.1) is 12.2 Å². The van der Waals surface area contributed by atoms with Crippen molar-refractivity contribution in [2.45, 2.75) is 20.0 Å². The molecular weight excluding hydrogens is 326 g/mol. The van der Waals surface area contributed by atoms with Crippen LogP contribution < -0.4 is 5.32 Å². The van der Waals surface area contributed by atoms with Crippen LogP contribution in [0.15, 0.2) is 66.9 Å². The average molecular weight is 347 g/mol. The van der Waals surface area contributed by atoms with Gasteiger partial charge in [0.1, 0.15) is 5.82 Å². The van der Waals surface area contributed by atoms with Crippen molar-refractivity contribution in [2.24, 2.45) is 0 Å². The maximum absolute atomic E-state index is 12.7. The SMILES string of the molecule is CCN(Cc1ccccc1)C(=O)c1ccc(NCc2ccccn2)nn1. The number of nitrogens with one attached hydrogen (secondary N) is 1.